The Morgan fingerprint density at radius 2 is 2.40 bits per heavy atom. The molecule has 1 aliphatic rings. The van der Waals surface area contributed by atoms with E-state index in [1.807, 2.05) is 23.9 Å². The highest BCUT2D eigenvalue weighted by Crippen LogP contribution is 2.32. The van der Waals surface area contributed by atoms with Crippen LogP contribution in [0.1, 0.15) is 30.5 Å². The van der Waals surface area contributed by atoms with Gasteiger partial charge in [0.1, 0.15) is 5.82 Å². The highest BCUT2D eigenvalue weighted by Gasteiger charge is 2.21. The van der Waals surface area contributed by atoms with Crippen molar-refractivity contribution in [2.24, 2.45) is 0 Å². The zero-order valence-electron chi connectivity index (χ0n) is 8.92. The first-order chi connectivity index (χ1) is 7.33. The van der Waals surface area contributed by atoms with Gasteiger partial charge in [0, 0.05) is 23.1 Å². The van der Waals surface area contributed by atoms with Crippen LogP contribution in [-0.4, -0.2) is 12.3 Å². The topological polar surface area (TPSA) is 12.0 Å². The maximum Gasteiger partial charge on any atom is 0.127 e. The van der Waals surface area contributed by atoms with Gasteiger partial charge in [-0.1, -0.05) is 19.1 Å². The molecule has 1 atom stereocenters. The molecule has 0 radical (unpaired) electrons. The molecule has 0 saturated heterocycles. The van der Waals surface area contributed by atoms with E-state index < -0.39 is 0 Å². The van der Waals surface area contributed by atoms with E-state index in [4.69, 9.17) is 0 Å². The number of benzene rings is 1. The van der Waals surface area contributed by atoms with Gasteiger partial charge in [-0.15, -0.1) is 0 Å². The van der Waals surface area contributed by atoms with Crippen molar-refractivity contribution in [1.82, 2.24) is 5.32 Å². The predicted molar refractivity (Wildman–Crippen MR) is 63.6 cm³/mol. The number of rotatable bonds is 3. The zero-order valence-corrected chi connectivity index (χ0v) is 9.74. The average molecular weight is 225 g/mol. The Morgan fingerprint density at radius 1 is 1.53 bits per heavy atom. The molecule has 0 saturated carbocycles. The normalized spacial score (nSPS) is 20.0. The van der Waals surface area contributed by atoms with E-state index in [2.05, 4.69) is 12.2 Å². The molecule has 3 heteroatoms. The van der Waals surface area contributed by atoms with Crippen molar-refractivity contribution >= 4 is 11.8 Å². The second kappa shape index (κ2) is 4.99. The van der Waals surface area contributed by atoms with Crippen LogP contribution in [0, 0.1) is 5.82 Å². The fourth-order valence-electron chi connectivity index (χ4n) is 1.91. The van der Waals surface area contributed by atoms with Crippen molar-refractivity contribution in [2.75, 3.05) is 12.3 Å². The van der Waals surface area contributed by atoms with Gasteiger partial charge in [-0.05, 0) is 24.6 Å². The number of thioether (sulfide) groups is 1. The van der Waals surface area contributed by atoms with Crippen molar-refractivity contribution in [3.63, 3.8) is 0 Å². The minimum atomic E-state index is -0.0528. The van der Waals surface area contributed by atoms with Crippen LogP contribution < -0.4 is 5.32 Å². The minimum Gasteiger partial charge on any atom is -0.309 e. The van der Waals surface area contributed by atoms with Crippen molar-refractivity contribution < 1.29 is 4.39 Å². The summed E-state index contributed by atoms with van der Waals surface area (Å²) in [5.41, 5.74) is 2.05. The Bertz CT molecular complexity index is 340. The van der Waals surface area contributed by atoms with Gasteiger partial charge in [-0.2, -0.15) is 11.8 Å². The first-order valence-corrected chi connectivity index (χ1v) is 6.56. The molecule has 1 aliphatic heterocycles. The Labute approximate surface area is 94.5 Å². The molecule has 1 N–H and O–H groups in total. The first-order valence-electron chi connectivity index (χ1n) is 5.41. The summed E-state index contributed by atoms with van der Waals surface area (Å²) in [5.74, 6) is 1.81. The van der Waals surface area contributed by atoms with Crippen LogP contribution in [0.25, 0.3) is 0 Å². The Hall–Kier alpha value is -0.540. The highest BCUT2D eigenvalue weighted by atomic mass is 32.2. The molecule has 1 unspecified atom stereocenters. The number of halogens is 1. The summed E-state index contributed by atoms with van der Waals surface area (Å²) < 4.78 is 13.5. The van der Waals surface area contributed by atoms with Crippen molar-refractivity contribution in [2.45, 2.75) is 25.1 Å². The average Bonchev–Trinajstić information content (AvgIpc) is 2.27. The lowest BCUT2D eigenvalue weighted by Crippen LogP contribution is -2.27. The molecule has 1 nitrogen and oxygen atoms in total. The first kappa shape index (κ1) is 11.0. The molecule has 1 heterocycles. The summed E-state index contributed by atoms with van der Waals surface area (Å²) in [5, 5.41) is 3.47. The Balaban J connectivity index is 2.22. The quantitative estimate of drug-likeness (QED) is 0.848. The lowest BCUT2D eigenvalue weighted by Gasteiger charge is -2.26. The van der Waals surface area contributed by atoms with Gasteiger partial charge in [0.05, 0.1) is 0 Å². The lowest BCUT2D eigenvalue weighted by atomic mass is 10.0. The number of fused-ring (bicyclic) bond motifs is 1. The van der Waals surface area contributed by atoms with Gasteiger partial charge >= 0.3 is 0 Å². The van der Waals surface area contributed by atoms with Crippen LogP contribution in [0.5, 0.6) is 0 Å². The maximum atomic E-state index is 13.5. The van der Waals surface area contributed by atoms with Gasteiger partial charge < -0.3 is 5.32 Å². The summed E-state index contributed by atoms with van der Waals surface area (Å²) in [6.45, 7) is 3.15. The zero-order chi connectivity index (χ0) is 10.7. The number of hydrogen-bond acceptors (Lipinski definition) is 2. The molecule has 15 heavy (non-hydrogen) atoms. The Kier molecular flexibility index (Phi) is 3.65. The molecule has 1 aromatic carbocycles. The molecule has 82 valence electrons. The summed E-state index contributed by atoms with van der Waals surface area (Å²) in [4.78, 5) is 0. The molecule has 0 spiro atoms. The summed E-state index contributed by atoms with van der Waals surface area (Å²) >= 11 is 1.81. The second-order valence-corrected chi connectivity index (χ2v) is 4.86. The van der Waals surface area contributed by atoms with Gasteiger partial charge in [0.15, 0.2) is 0 Å². The van der Waals surface area contributed by atoms with E-state index in [1.54, 1.807) is 6.07 Å². The van der Waals surface area contributed by atoms with Crippen molar-refractivity contribution in [1.29, 1.82) is 0 Å². The van der Waals surface area contributed by atoms with Gasteiger partial charge in [0.2, 0.25) is 0 Å². The Morgan fingerprint density at radius 3 is 3.20 bits per heavy atom. The molecule has 0 bridgehead atoms. The van der Waals surface area contributed by atoms with E-state index in [9.17, 15) is 4.39 Å². The van der Waals surface area contributed by atoms with E-state index in [0.29, 0.717) is 6.04 Å². The molecule has 2 rings (SSSR count). The van der Waals surface area contributed by atoms with Gasteiger partial charge in [-0.3, -0.25) is 0 Å². The lowest BCUT2D eigenvalue weighted by molar-refractivity contribution is 0.555. The fourth-order valence-corrected chi connectivity index (χ4v) is 3.07. The molecule has 0 aliphatic carbocycles. The smallest absolute Gasteiger partial charge is 0.127 e. The SMILES string of the molecule is CCCNC1CSCc2c(F)cccc21. The maximum absolute atomic E-state index is 13.5. The molecule has 0 amide bonds. The summed E-state index contributed by atoms with van der Waals surface area (Å²) in [6.07, 6.45) is 1.12. The third kappa shape index (κ3) is 2.34. The van der Waals surface area contributed by atoms with Crippen LogP contribution >= 0.6 is 11.8 Å². The molecule has 0 fully saturated rings. The van der Waals surface area contributed by atoms with E-state index in [0.717, 1.165) is 35.6 Å². The highest BCUT2D eigenvalue weighted by molar-refractivity contribution is 7.98. The minimum absolute atomic E-state index is 0.0528. The third-order valence-corrected chi connectivity index (χ3v) is 3.76. The monoisotopic (exact) mass is 225 g/mol. The summed E-state index contributed by atoms with van der Waals surface area (Å²) in [6, 6.07) is 5.74. The number of hydrogen-bond donors (Lipinski definition) is 1. The second-order valence-electron chi connectivity index (χ2n) is 3.83. The largest absolute Gasteiger partial charge is 0.309 e. The molecular formula is C12H16FNS. The number of nitrogens with one attached hydrogen (secondary N) is 1. The van der Waals surface area contributed by atoms with E-state index >= 15 is 0 Å². The predicted octanol–water partition coefficient (Wildman–Crippen LogP) is 3.11. The fraction of sp³-hybridized carbons (Fsp3) is 0.500. The van der Waals surface area contributed by atoms with E-state index in [-0.39, 0.29) is 5.82 Å². The third-order valence-electron chi connectivity index (χ3n) is 2.70. The van der Waals surface area contributed by atoms with Crippen LogP contribution in [0.15, 0.2) is 18.2 Å². The summed E-state index contributed by atoms with van der Waals surface area (Å²) in [7, 11) is 0. The van der Waals surface area contributed by atoms with Gasteiger partial charge in [-0.25, -0.2) is 4.39 Å². The van der Waals surface area contributed by atoms with Crippen LogP contribution in [-0.2, 0) is 5.75 Å². The van der Waals surface area contributed by atoms with E-state index in [1.165, 1.54) is 0 Å². The van der Waals surface area contributed by atoms with Crippen LogP contribution in [0.2, 0.25) is 0 Å². The standard InChI is InChI=1S/C12H16FNS/c1-2-6-14-12-8-15-7-10-9(12)4-3-5-11(10)13/h3-5,12,14H,2,6-8H2,1H3. The van der Waals surface area contributed by atoms with Crippen LogP contribution in [0.3, 0.4) is 0 Å². The van der Waals surface area contributed by atoms with Crippen molar-refractivity contribution in [3.05, 3.63) is 35.1 Å². The molecular weight excluding hydrogens is 209 g/mol. The van der Waals surface area contributed by atoms with Crippen LogP contribution in [0.4, 0.5) is 4.39 Å². The van der Waals surface area contributed by atoms with Gasteiger partial charge in [0.25, 0.3) is 0 Å². The van der Waals surface area contributed by atoms with Crippen molar-refractivity contribution in [3.8, 4) is 0 Å². The molecule has 1 aromatic rings. The molecule has 0 aromatic heterocycles.